The summed E-state index contributed by atoms with van der Waals surface area (Å²) < 4.78 is 6.46. The lowest BCUT2D eigenvalue weighted by atomic mass is 10.1. The van der Waals surface area contributed by atoms with Crippen LogP contribution < -0.4 is 0 Å². The fourth-order valence-corrected chi connectivity index (χ4v) is 2.49. The van der Waals surface area contributed by atoms with Crippen molar-refractivity contribution in [1.82, 2.24) is 14.8 Å². The van der Waals surface area contributed by atoms with Crippen molar-refractivity contribution in [2.24, 2.45) is 0 Å². The lowest BCUT2D eigenvalue weighted by molar-refractivity contribution is -0.140. The van der Waals surface area contributed by atoms with E-state index in [2.05, 4.69) is 10.1 Å². The molecule has 3 aromatic rings. The number of rotatable bonds is 5. The average Bonchev–Trinajstić information content (AvgIpc) is 3.05. The molecule has 0 radical (unpaired) electrons. The number of ether oxygens (including phenoxy) is 1. The van der Waals surface area contributed by atoms with Crippen LogP contribution in [-0.4, -0.2) is 27.8 Å². The molecule has 0 fully saturated rings. The quantitative estimate of drug-likeness (QED) is 0.664. The highest BCUT2D eigenvalue weighted by molar-refractivity contribution is 6.30. The fraction of sp³-hybridized carbons (Fsp3) is 0.167. The van der Waals surface area contributed by atoms with Crippen molar-refractivity contribution in [2.45, 2.75) is 12.8 Å². The maximum atomic E-state index is 11.4. The number of methoxy groups -OCH3 is 1. The first-order valence-electron chi connectivity index (χ1n) is 7.50. The summed E-state index contributed by atoms with van der Waals surface area (Å²) in [6.07, 6.45) is 2.51. The maximum absolute atomic E-state index is 11.4. The number of hydrogen-bond donors (Lipinski definition) is 0. The maximum Gasteiger partial charge on any atom is 0.305 e. The fourth-order valence-electron chi connectivity index (χ4n) is 2.36. The monoisotopic (exact) mass is 341 g/mol. The molecule has 0 bridgehead atoms. The van der Waals surface area contributed by atoms with Crippen LogP contribution in [0.4, 0.5) is 0 Å². The molecule has 0 aliphatic heterocycles. The highest BCUT2D eigenvalue weighted by atomic mass is 35.5. The lowest BCUT2D eigenvalue weighted by Crippen LogP contribution is -2.04. The number of hydrogen-bond acceptors (Lipinski definition) is 4. The average molecular weight is 342 g/mol. The minimum absolute atomic E-state index is 0.254. The molecule has 3 rings (SSSR count). The van der Waals surface area contributed by atoms with Crippen molar-refractivity contribution in [1.29, 1.82) is 0 Å². The number of pyridine rings is 1. The zero-order chi connectivity index (χ0) is 16.9. The van der Waals surface area contributed by atoms with E-state index < -0.39 is 0 Å². The molecule has 0 amide bonds. The van der Waals surface area contributed by atoms with Crippen LogP contribution in [0.15, 0.2) is 54.7 Å². The Bertz CT molecular complexity index is 829. The van der Waals surface area contributed by atoms with Crippen LogP contribution in [0.25, 0.3) is 17.1 Å². The number of esters is 1. The molecule has 2 aromatic heterocycles. The molecule has 122 valence electrons. The van der Waals surface area contributed by atoms with Crippen molar-refractivity contribution in [2.75, 3.05) is 7.11 Å². The molecule has 0 aliphatic rings. The summed E-state index contributed by atoms with van der Waals surface area (Å²) in [6.45, 7) is 0. The van der Waals surface area contributed by atoms with Crippen molar-refractivity contribution in [3.63, 3.8) is 0 Å². The standard InChI is InChI=1S/C18H16ClN3O2/c1-24-18(23)10-9-15-12-16(13-5-7-14(19)8-6-13)22(21-15)17-4-2-3-11-20-17/h2-8,11-12H,9-10H2,1H3. The predicted octanol–water partition coefficient (Wildman–Crippen LogP) is 3.69. The molecule has 2 heterocycles. The van der Waals surface area contributed by atoms with E-state index in [9.17, 15) is 4.79 Å². The third-order valence-electron chi connectivity index (χ3n) is 3.58. The molecule has 6 heteroatoms. The third-order valence-corrected chi connectivity index (χ3v) is 3.83. The smallest absolute Gasteiger partial charge is 0.305 e. The number of benzene rings is 1. The summed E-state index contributed by atoms with van der Waals surface area (Å²) in [6, 6.07) is 15.1. The predicted molar refractivity (Wildman–Crippen MR) is 92.1 cm³/mol. The molecule has 0 saturated carbocycles. The van der Waals surface area contributed by atoms with Crippen molar-refractivity contribution in [3.8, 4) is 17.1 Å². The van der Waals surface area contributed by atoms with Gasteiger partial charge in [-0.25, -0.2) is 9.67 Å². The first kappa shape index (κ1) is 16.2. The molecule has 0 unspecified atom stereocenters. The Morgan fingerprint density at radius 3 is 2.67 bits per heavy atom. The first-order valence-corrected chi connectivity index (χ1v) is 7.88. The van der Waals surface area contributed by atoms with E-state index in [4.69, 9.17) is 16.3 Å². The van der Waals surface area contributed by atoms with Gasteiger partial charge in [-0.2, -0.15) is 5.10 Å². The van der Waals surface area contributed by atoms with Gasteiger partial charge >= 0.3 is 5.97 Å². The van der Waals surface area contributed by atoms with Gasteiger partial charge < -0.3 is 4.74 Å². The Hall–Kier alpha value is -2.66. The van der Waals surface area contributed by atoms with Crippen LogP contribution in [0.1, 0.15) is 12.1 Å². The first-order chi connectivity index (χ1) is 11.7. The number of carbonyl (C=O) groups excluding carboxylic acids is 1. The van der Waals surface area contributed by atoms with E-state index in [0.29, 0.717) is 17.3 Å². The summed E-state index contributed by atoms with van der Waals surface area (Å²) in [5.41, 5.74) is 2.67. The van der Waals surface area contributed by atoms with Crippen molar-refractivity contribution < 1.29 is 9.53 Å². The molecular formula is C18H16ClN3O2. The summed E-state index contributed by atoms with van der Waals surface area (Å²) >= 11 is 5.98. The highest BCUT2D eigenvalue weighted by Crippen LogP contribution is 2.25. The molecule has 1 aromatic carbocycles. The van der Waals surface area contributed by atoms with Gasteiger partial charge in [-0.3, -0.25) is 4.79 Å². The zero-order valence-electron chi connectivity index (χ0n) is 13.1. The Morgan fingerprint density at radius 1 is 1.21 bits per heavy atom. The van der Waals surface area contributed by atoms with Gasteiger partial charge in [0, 0.05) is 23.2 Å². The van der Waals surface area contributed by atoms with E-state index in [0.717, 1.165) is 17.0 Å². The molecule has 24 heavy (non-hydrogen) atoms. The van der Waals surface area contributed by atoms with E-state index in [-0.39, 0.29) is 12.4 Å². The van der Waals surface area contributed by atoms with E-state index in [1.54, 1.807) is 10.9 Å². The molecule has 0 atom stereocenters. The van der Waals surface area contributed by atoms with Crippen LogP contribution >= 0.6 is 11.6 Å². The zero-order valence-corrected chi connectivity index (χ0v) is 13.9. The Labute approximate surface area is 144 Å². The van der Waals surface area contributed by atoms with Gasteiger partial charge in [0.05, 0.1) is 24.9 Å². The van der Waals surface area contributed by atoms with Gasteiger partial charge in [0.15, 0.2) is 5.82 Å². The van der Waals surface area contributed by atoms with Gasteiger partial charge in [0.25, 0.3) is 0 Å². The third kappa shape index (κ3) is 3.63. The van der Waals surface area contributed by atoms with Crippen molar-refractivity contribution in [3.05, 3.63) is 65.4 Å². The van der Waals surface area contributed by atoms with E-state index in [1.807, 2.05) is 48.5 Å². The van der Waals surface area contributed by atoms with Crippen LogP contribution in [0.2, 0.25) is 5.02 Å². The SMILES string of the molecule is COC(=O)CCc1cc(-c2ccc(Cl)cc2)n(-c2ccccn2)n1. The number of aromatic nitrogens is 3. The summed E-state index contributed by atoms with van der Waals surface area (Å²) in [5, 5.41) is 5.27. The highest BCUT2D eigenvalue weighted by Gasteiger charge is 2.13. The second-order valence-electron chi connectivity index (χ2n) is 5.20. The number of carbonyl (C=O) groups is 1. The lowest BCUT2D eigenvalue weighted by Gasteiger charge is -2.06. The molecule has 0 N–H and O–H groups in total. The summed E-state index contributed by atoms with van der Waals surface area (Å²) in [4.78, 5) is 15.7. The largest absolute Gasteiger partial charge is 0.469 e. The van der Waals surface area contributed by atoms with Gasteiger partial charge in [-0.05, 0) is 30.3 Å². The van der Waals surface area contributed by atoms with Gasteiger partial charge in [0.2, 0.25) is 0 Å². The number of aryl methyl sites for hydroxylation is 1. The normalized spacial score (nSPS) is 10.6. The minimum atomic E-state index is -0.254. The molecule has 0 spiro atoms. The molecule has 0 saturated heterocycles. The minimum Gasteiger partial charge on any atom is -0.469 e. The molecule has 5 nitrogen and oxygen atoms in total. The Kier molecular flexibility index (Phi) is 4.91. The van der Waals surface area contributed by atoms with Gasteiger partial charge in [0.1, 0.15) is 0 Å². The van der Waals surface area contributed by atoms with Gasteiger partial charge in [-0.15, -0.1) is 0 Å². The second-order valence-corrected chi connectivity index (χ2v) is 5.64. The molecular weight excluding hydrogens is 326 g/mol. The van der Waals surface area contributed by atoms with Crippen LogP contribution in [0, 0.1) is 0 Å². The van der Waals surface area contributed by atoms with E-state index >= 15 is 0 Å². The van der Waals surface area contributed by atoms with Gasteiger partial charge in [-0.1, -0.05) is 29.8 Å². The summed E-state index contributed by atoms with van der Waals surface area (Å²) in [7, 11) is 1.38. The van der Waals surface area contributed by atoms with Crippen LogP contribution in [-0.2, 0) is 16.0 Å². The molecule has 0 aliphatic carbocycles. The summed E-state index contributed by atoms with van der Waals surface area (Å²) in [5.74, 6) is 0.460. The van der Waals surface area contributed by atoms with Crippen molar-refractivity contribution >= 4 is 17.6 Å². The topological polar surface area (TPSA) is 57.0 Å². The Balaban J connectivity index is 2.00. The van der Waals surface area contributed by atoms with Crippen LogP contribution in [0.3, 0.4) is 0 Å². The number of nitrogens with zero attached hydrogens (tertiary/aromatic N) is 3. The Morgan fingerprint density at radius 2 is 2.00 bits per heavy atom. The van der Waals surface area contributed by atoms with Crippen LogP contribution in [0.5, 0.6) is 0 Å². The number of halogens is 1. The second kappa shape index (κ2) is 7.27. The van der Waals surface area contributed by atoms with E-state index in [1.165, 1.54) is 7.11 Å².